The first-order valence-electron chi connectivity index (χ1n) is 6.38. The molecule has 0 heterocycles. The zero-order valence-corrected chi connectivity index (χ0v) is 11.7. The van der Waals surface area contributed by atoms with E-state index in [2.05, 4.69) is 58.0 Å². The lowest BCUT2D eigenvalue weighted by Crippen LogP contribution is -2.00. The normalized spacial score (nSPS) is 13.3. The molecule has 0 saturated carbocycles. The minimum Gasteiger partial charge on any atom is -0.496 e. The lowest BCUT2D eigenvalue weighted by Gasteiger charge is -2.14. The van der Waals surface area contributed by atoms with E-state index in [0.717, 1.165) is 12.2 Å². The van der Waals surface area contributed by atoms with Crippen molar-refractivity contribution in [1.82, 2.24) is 0 Å². The third kappa shape index (κ3) is 3.92. The summed E-state index contributed by atoms with van der Waals surface area (Å²) in [6, 6.07) is 6.54. The Morgan fingerprint density at radius 1 is 1.24 bits per heavy atom. The van der Waals surface area contributed by atoms with E-state index in [-0.39, 0.29) is 0 Å². The summed E-state index contributed by atoms with van der Waals surface area (Å²) >= 11 is 0. The third-order valence-electron chi connectivity index (χ3n) is 2.99. The number of hydrogen-bond acceptors (Lipinski definition) is 1. The van der Waals surface area contributed by atoms with Crippen LogP contribution in [0.15, 0.2) is 30.4 Å². The van der Waals surface area contributed by atoms with E-state index in [9.17, 15) is 0 Å². The van der Waals surface area contributed by atoms with Crippen molar-refractivity contribution < 1.29 is 4.74 Å². The molecule has 0 bridgehead atoms. The van der Waals surface area contributed by atoms with Crippen LogP contribution < -0.4 is 4.74 Å². The number of rotatable bonds is 5. The van der Waals surface area contributed by atoms with E-state index < -0.39 is 0 Å². The summed E-state index contributed by atoms with van der Waals surface area (Å²) in [4.78, 5) is 0. The Morgan fingerprint density at radius 3 is 2.47 bits per heavy atom. The molecule has 0 fully saturated rings. The van der Waals surface area contributed by atoms with Crippen molar-refractivity contribution in [2.45, 2.75) is 40.0 Å². The molecule has 0 spiro atoms. The van der Waals surface area contributed by atoms with Gasteiger partial charge in [-0.3, -0.25) is 0 Å². The molecule has 0 aliphatic heterocycles. The first-order valence-corrected chi connectivity index (χ1v) is 6.38. The van der Waals surface area contributed by atoms with Gasteiger partial charge in [0.25, 0.3) is 0 Å². The number of methoxy groups -OCH3 is 1. The average Bonchev–Trinajstić information content (AvgIpc) is 2.29. The van der Waals surface area contributed by atoms with Gasteiger partial charge in [0.15, 0.2) is 0 Å². The van der Waals surface area contributed by atoms with Gasteiger partial charge in [0.2, 0.25) is 0 Å². The van der Waals surface area contributed by atoms with E-state index in [0.29, 0.717) is 11.8 Å². The Labute approximate surface area is 106 Å². The molecule has 0 amide bonds. The zero-order valence-electron chi connectivity index (χ0n) is 11.7. The molecular weight excluding hydrogens is 208 g/mol. The first-order chi connectivity index (χ1) is 8.08. The summed E-state index contributed by atoms with van der Waals surface area (Å²) in [6.45, 7) is 8.73. The number of ether oxygens (including phenoxy) is 1. The van der Waals surface area contributed by atoms with Crippen LogP contribution in [0.2, 0.25) is 0 Å². The van der Waals surface area contributed by atoms with Crippen molar-refractivity contribution in [2.24, 2.45) is 5.92 Å². The van der Waals surface area contributed by atoms with Crippen LogP contribution in [0.3, 0.4) is 0 Å². The molecule has 1 unspecified atom stereocenters. The molecule has 0 N–H and O–H groups in total. The van der Waals surface area contributed by atoms with Crippen molar-refractivity contribution in [3.63, 3.8) is 0 Å². The summed E-state index contributed by atoms with van der Waals surface area (Å²) in [5.41, 5.74) is 2.69. The summed E-state index contributed by atoms with van der Waals surface area (Å²) in [5, 5.41) is 0. The maximum absolute atomic E-state index is 5.40. The highest BCUT2D eigenvalue weighted by Gasteiger charge is 2.09. The van der Waals surface area contributed by atoms with E-state index in [1.54, 1.807) is 7.11 Å². The van der Waals surface area contributed by atoms with Gasteiger partial charge in [-0.2, -0.15) is 0 Å². The summed E-state index contributed by atoms with van der Waals surface area (Å²) in [5.74, 6) is 2.10. The fourth-order valence-electron chi connectivity index (χ4n) is 2.13. The number of benzene rings is 1. The maximum Gasteiger partial charge on any atom is 0.122 e. The Morgan fingerprint density at radius 2 is 1.94 bits per heavy atom. The van der Waals surface area contributed by atoms with Crippen LogP contribution in [-0.2, 0) is 6.42 Å². The second-order valence-corrected chi connectivity index (χ2v) is 4.94. The van der Waals surface area contributed by atoms with E-state index in [1.807, 2.05) is 0 Å². The van der Waals surface area contributed by atoms with Crippen molar-refractivity contribution in [1.29, 1.82) is 0 Å². The summed E-state index contributed by atoms with van der Waals surface area (Å²) < 4.78 is 5.40. The van der Waals surface area contributed by atoms with Gasteiger partial charge < -0.3 is 4.74 Å². The van der Waals surface area contributed by atoms with Gasteiger partial charge in [-0.15, -0.1) is 0 Å². The monoisotopic (exact) mass is 232 g/mol. The molecule has 0 radical (unpaired) electrons. The molecule has 94 valence electrons. The molecule has 1 atom stereocenters. The molecule has 0 saturated heterocycles. The van der Waals surface area contributed by atoms with E-state index in [1.165, 1.54) is 11.1 Å². The molecule has 1 nitrogen and oxygen atoms in total. The SMILES string of the molecule is C/C=C\C(C)Cc1ccc(OC)c(C(C)C)c1. The predicted octanol–water partition coefficient (Wildman–Crippen LogP) is 4.57. The van der Waals surface area contributed by atoms with Crippen LogP contribution in [0.1, 0.15) is 44.7 Å². The first kappa shape index (κ1) is 13.8. The van der Waals surface area contributed by atoms with E-state index in [4.69, 9.17) is 4.74 Å². The van der Waals surface area contributed by atoms with Crippen LogP contribution in [0.5, 0.6) is 5.75 Å². The number of allylic oxidation sites excluding steroid dienone is 2. The molecular formula is C16H24O. The van der Waals surface area contributed by atoms with Gasteiger partial charge in [0, 0.05) is 0 Å². The van der Waals surface area contributed by atoms with Crippen molar-refractivity contribution in [3.8, 4) is 5.75 Å². The van der Waals surface area contributed by atoms with Crippen LogP contribution >= 0.6 is 0 Å². The molecule has 0 aliphatic carbocycles. The molecule has 17 heavy (non-hydrogen) atoms. The van der Waals surface area contributed by atoms with Crippen LogP contribution in [-0.4, -0.2) is 7.11 Å². The molecule has 0 aromatic heterocycles. The van der Waals surface area contributed by atoms with Gasteiger partial charge in [0.1, 0.15) is 5.75 Å². The average molecular weight is 232 g/mol. The Kier molecular flexibility index (Phi) is 5.27. The lowest BCUT2D eigenvalue weighted by molar-refractivity contribution is 0.407. The largest absolute Gasteiger partial charge is 0.496 e. The van der Waals surface area contributed by atoms with Crippen molar-refractivity contribution in [3.05, 3.63) is 41.5 Å². The zero-order chi connectivity index (χ0) is 12.8. The Balaban J connectivity index is 2.92. The number of hydrogen-bond donors (Lipinski definition) is 0. The van der Waals surface area contributed by atoms with E-state index >= 15 is 0 Å². The molecule has 0 aliphatic rings. The fraction of sp³-hybridized carbons (Fsp3) is 0.500. The molecule has 1 aromatic rings. The quantitative estimate of drug-likeness (QED) is 0.675. The highest BCUT2D eigenvalue weighted by atomic mass is 16.5. The minimum atomic E-state index is 0.502. The van der Waals surface area contributed by atoms with Gasteiger partial charge >= 0.3 is 0 Å². The van der Waals surface area contributed by atoms with Crippen molar-refractivity contribution in [2.75, 3.05) is 7.11 Å². The van der Waals surface area contributed by atoms with Gasteiger partial charge in [0.05, 0.1) is 7.11 Å². The smallest absolute Gasteiger partial charge is 0.122 e. The Hall–Kier alpha value is -1.24. The maximum atomic E-state index is 5.40. The Bertz CT molecular complexity index is 377. The summed E-state index contributed by atoms with van der Waals surface area (Å²) in [6.07, 6.45) is 5.46. The second kappa shape index (κ2) is 6.48. The van der Waals surface area contributed by atoms with Gasteiger partial charge in [-0.25, -0.2) is 0 Å². The molecule has 1 heteroatoms. The highest BCUT2D eigenvalue weighted by molar-refractivity contribution is 5.39. The summed E-state index contributed by atoms with van der Waals surface area (Å²) in [7, 11) is 1.74. The standard InChI is InChI=1S/C16H24O/c1-6-7-13(4)10-14-8-9-16(17-5)15(11-14)12(2)3/h6-9,11-13H,10H2,1-5H3/b7-6-. The van der Waals surface area contributed by atoms with Gasteiger partial charge in [-0.1, -0.05) is 45.1 Å². The van der Waals surface area contributed by atoms with Crippen LogP contribution in [0.4, 0.5) is 0 Å². The minimum absolute atomic E-state index is 0.502. The fourth-order valence-corrected chi connectivity index (χ4v) is 2.13. The predicted molar refractivity (Wildman–Crippen MR) is 74.8 cm³/mol. The van der Waals surface area contributed by atoms with Crippen LogP contribution in [0.25, 0.3) is 0 Å². The highest BCUT2D eigenvalue weighted by Crippen LogP contribution is 2.28. The van der Waals surface area contributed by atoms with Crippen LogP contribution in [0, 0.1) is 5.92 Å². The molecule has 1 rings (SSSR count). The third-order valence-corrected chi connectivity index (χ3v) is 2.99. The van der Waals surface area contributed by atoms with Gasteiger partial charge in [-0.05, 0) is 42.4 Å². The topological polar surface area (TPSA) is 9.23 Å². The van der Waals surface area contributed by atoms with Crippen molar-refractivity contribution >= 4 is 0 Å². The molecule has 1 aromatic carbocycles. The second-order valence-electron chi connectivity index (χ2n) is 4.94. The lowest BCUT2D eigenvalue weighted by atomic mass is 9.95.